The molecule has 24 heavy (non-hydrogen) atoms. The van der Waals surface area contributed by atoms with Gasteiger partial charge in [-0.05, 0) is 38.1 Å². The first-order chi connectivity index (χ1) is 11.6. The van der Waals surface area contributed by atoms with E-state index in [1.165, 1.54) is 0 Å². The van der Waals surface area contributed by atoms with Crippen molar-refractivity contribution in [3.05, 3.63) is 60.2 Å². The number of pyridine rings is 1. The van der Waals surface area contributed by atoms with E-state index in [1.54, 1.807) is 12.4 Å². The van der Waals surface area contributed by atoms with Crippen molar-refractivity contribution in [3.63, 3.8) is 0 Å². The van der Waals surface area contributed by atoms with Crippen LogP contribution < -0.4 is 10.6 Å². The topological polar surface area (TPSA) is 95.6 Å². The van der Waals surface area contributed by atoms with E-state index in [4.69, 9.17) is 0 Å². The van der Waals surface area contributed by atoms with Crippen LogP contribution in [-0.4, -0.2) is 26.2 Å². The molecule has 0 saturated heterocycles. The van der Waals surface area contributed by atoms with Crippen LogP contribution in [0.3, 0.4) is 0 Å². The maximum absolute atomic E-state index is 12.1. The molecule has 0 fully saturated rings. The molecule has 0 aliphatic carbocycles. The first-order valence-corrected chi connectivity index (χ1v) is 7.59. The van der Waals surface area contributed by atoms with Gasteiger partial charge >= 0.3 is 6.03 Å². The molecule has 3 N–H and O–H groups in total. The third-order valence-corrected chi connectivity index (χ3v) is 3.51. The van der Waals surface area contributed by atoms with Gasteiger partial charge in [0.05, 0.1) is 6.04 Å². The Balaban J connectivity index is 1.62. The van der Waals surface area contributed by atoms with Gasteiger partial charge in [-0.2, -0.15) is 5.10 Å². The summed E-state index contributed by atoms with van der Waals surface area (Å²) in [5.74, 6) is 1.15. The van der Waals surface area contributed by atoms with E-state index in [9.17, 15) is 4.79 Å². The van der Waals surface area contributed by atoms with Gasteiger partial charge in [0.15, 0.2) is 5.82 Å². The van der Waals surface area contributed by atoms with Crippen LogP contribution in [0.1, 0.15) is 24.4 Å². The number of aromatic nitrogens is 4. The van der Waals surface area contributed by atoms with Crippen LogP contribution in [0.2, 0.25) is 0 Å². The van der Waals surface area contributed by atoms with Gasteiger partial charge in [0.2, 0.25) is 0 Å². The Labute approximate surface area is 139 Å². The summed E-state index contributed by atoms with van der Waals surface area (Å²) in [6, 6.07) is 10.6. The molecule has 1 atom stereocenters. The lowest BCUT2D eigenvalue weighted by Gasteiger charge is -2.12. The summed E-state index contributed by atoms with van der Waals surface area (Å²) < 4.78 is 0. The summed E-state index contributed by atoms with van der Waals surface area (Å²) in [4.78, 5) is 20.4. The number of H-pyrrole nitrogens is 1. The van der Waals surface area contributed by atoms with Crippen LogP contribution in [0, 0.1) is 6.92 Å². The molecule has 3 aromatic rings. The van der Waals surface area contributed by atoms with Crippen LogP contribution in [0.15, 0.2) is 48.8 Å². The van der Waals surface area contributed by atoms with Crippen molar-refractivity contribution in [2.75, 3.05) is 5.32 Å². The van der Waals surface area contributed by atoms with Gasteiger partial charge in [-0.15, -0.1) is 0 Å². The largest absolute Gasteiger partial charge is 0.328 e. The van der Waals surface area contributed by atoms with Gasteiger partial charge in [-0.25, -0.2) is 9.78 Å². The van der Waals surface area contributed by atoms with Crippen LogP contribution in [0.4, 0.5) is 10.5 Å². The summed E-state index contributed by atoms with van der Waals surface area (Å²) in [6.45, 7) is 3.84. The Morgan fingerprint density at radius 3 is 2.54 bits per heavy atom. The Morgan fingerprint density at radius 1 is 1.12 bits per heavy atom. The molecule has 2 aromatic heterocycles. The van der Waals surface area contributed by atoms with E-state index in [2.05, 4.69) is 30.8 Å². The Hall–Kier alpha value is -3.22. The number of carbonyl (C=O) groups excluding carboxylic acids is 1. The quantitative estimate of drug-likeness (QED) is 0.688. The molecule has 1 aromatic carbocycles. The molecule has 7 nitrogen and oxygen atoms in total. The molecule has 0 unspecified atom stereocenters. The van der Waals surface area contributed by atoms with Gasteiger partial charge in [0, 0.05) is 23.6 Å². The Bertz CT molecular complexity index is 813. The van der Waals surface area contributed by atoms with E-state index in [-0.39, 0.29) is 12.1 Å². The number of hydrogen-bond acceptors (Lipinski definition) is 4. The van der Waals surface area contributed by atoms with Crippen LogP contribution in [0.5, 0.6) is 0 Å². The first-order valence-electron chi connectivity index (χ1n) is 7.59. The highest BCUT2D eigenvalue weighted by Gasteiger charge is 2.14. The van der Waals surface area contributed by atoms with E-state index >= 15 is 0 Å². The minimum Gasteiger partial charge on any atom is -0.328 e. The maximum atomic E-state index is 12.1. The summed E-state index contributed by atoms with van der Waals surface area (Å²) in [5.41, 5.74) is 2.74. The fourth-order valence-corrected chi connectivity index (χ4v) is 2.17. The minimum absolute atomic E-state index is 0.298. The fraction of sp³-hybridized carbons (Fsp3) is 0.176. The van der Waals surface area contributed by atoms with Crippen LogP contribution in [-0.2, 0) is 0 Å². The lowest BCUT2D eigenvalue weighted by Crippen LogP contribution is -2.31. The second-order valence-electron chi connectivity index (χ2n) is 5.47. The standard InChI is InChI=1S/C17H18N6O/c1-11-3-5-14(6-4-11)20-17(24)19-12(2)15-21-16(23-22-15)13-7-9-18-10-8-13/h3-10,12H,1-2H3,(H2,19,20,24)(H,21,22,23)/t12-/m1/s1. The monoisotopic (exact) mass is 322 g/mol. The van der Waals surface area contributed by atoms with Crippen molar-refractivity contribution in [1.29, 1.82) is 0 Å². The molecule has 2 heterocycles. The van der Waals surface area contributed by atoms with Crippen molar-refractivity contribution >= 4 is 11.7 Å². The number of aryl methyl sites for hydroxylation is 1. The maximum Gasteiger partial charge on any atom is 0.319 e. The third kappa shape index (κ3) is 3.75. The van der Waals surface area contributed by atoms with Crippen molar-refractivity contribution in [1.82, 2.24) is 25.5 Å². The fourth-order valence-electron chi connectivity index (χ4n) is 2.17. The average Bonchev–Trinajstić information content (AvgIpc) is 3.08. The minimum atomic E-state index is -0.307. The summed E-state index contributed by atoms with van der Waals surface area (Å²) in [6.07, 6.45) is 3.37. The lowest BCUT2D eigenvalue weighted by atomic mass is 10.2. The van der Waals surface area contributed by atoms with Gasteiger partial charge < -0.3 is 10.6 Å². The number of hydrogen-bond donors (Lipinski definition) is 3. The number of urea groups is 1. The number of aromatic amines is 1. The SMILES string of the molecule is Cc1ccc(NC(=O)N[C@H](C)c2nc(-c3ccncc3)n[nH]2)cc1. The third-order valence-electron chi connectivity index (χ3n) is 3.51. The molecule has 7 heteroatoms. The molecule has 0 radical (unpaired) electrons. The van der Waals surface area contributed by atoms with Crippen molar-refractivity contribution in [2.45, 2.75) is 19.9 Å². The molecule has 0 spiro atoms. The molecule has 2 amide bonds. The second-order valence-corrected chi connectivity index (χ2v) is 5.47. The van der Waals surface area contributed by atoms with Crippen molar-refractivity contribution < 1.29 is 4.79 Å². The zero-order chi connectivity index (χ0) is 16.9. The second kappa shape index (κ2) is 6.91. The number of carbonyl (C=O) groups is 1. The van der Waals surface area contributed by atoms with Gasteiger partial charge in [-0.1, -0.05) is 17.7 Å². The number of anilines is 1. The van der Waals surface area contributed by atoms with Gasteiger partial charge in [-0.3, -0.25) is 10.1 Å². The molecular weight excluding hydrogens is 304 g/mol. The number of benzene rings is 1. The van der Waals surface area contributed by atoms with Crippen molar-refractivity contribution in [3.8, 4) is 11.4 Å². The summed E-state index contributed by atoms with van der Waals surface area (Å²) >= 11 is 0. The zero-order valence-electron chi connectivity index (χ0n) is 13.4. The Kier molecular flexibility index (Phi) is 4.51. The Morgan fingerprint density at radius 2 is 1.83 bits per heavy atom. The molecule has 0 bridgehead atoms. The van der Waals surface area contributed by atoms with Crippen LogP contribution in [0.25, 0.3) is 11.4 Å². The highest BCUT2D eigenvalue weighted by molar-refractivity contribution is 5.89. The number of amides is 2. The van der Waals surface area contributed by atoms with Gasteiger partial charge in [0.1, 0.15) is 5.82 Å². The predicted molar refractivity (Wildman–Crippen MR) is 91.4 cm³/mol. The summed E-state index contributed by atoms with van der Waals surface area (Å²) in [7, 11) is 0. The van der Waals surface area contributed by atoms with E-state index < -0.39 is 0 Å². The number of nitrogens with one attached hydrogen (secondary N) is 3. The highest BCUT2D eigenvalue weighted by Crippen LogP contribution is 2.16. The predicted octanol–water partition coefficient (Wildman–Crippen LogP) is 3.06. The molecule has 0 saturated carbocycles. The molecular formula is C17H18N6O. The van der Waals surface area contributed by atoms with Crippen LogP contribution >= 0.6 is 0 Å². The summed E-state index contributed by atoms with van der Waals surface area (Å²) in [5, 5.41) is 12.6. The van der Waals surface area contributed by atoms with E-state index in [1.807, 2.05) is 50.2 Å². The highest BCUT2D eigenvalue weighted by atomic mass is 16.2. The normalized spacial score (nSPS) is 11.8. The van der Waals surface area contributed by atoms with E-state index in [0.717, 1.165) is 16.8 Å². The first kappa shape index (κ1) is 15.7. The molecule has 122 valence electrons. The molecule has 3 rings (SSSR count). The van der Waals surface area contributed by atoms with Gasteiger partial charge in [0.25, 0.3) is 0 Å². The molecule has 0 aliphatic heterocycles. The smallest absolute Gasteiger partial charge is 0.319 e. The number of rotatable bonds is 4. The van der Waals surface area contributed by atoms with E-state index in [0.29, 0.717) is 11.6 Å². The lowest BCUT2D eigenvalue weighted by molar-refractivity contribution is 0.249. The zero-order valence-corrected chi connectivity index (χ0v) is 13.4. The molecule has 0 aliphatic rings. The average molecular weight is 322 g/mol. The van der Waals surface area contributed by atoms with Crippen molar-refractivity contribution in [2.24, 2.45) is 0 Å². The number of nitrogens with zero attached hydrogens (tertiary/aromatic N) is 3.